The number of aliphatic hydroxyl groups is 1. The Hall–Kier alpha value is -1.35. The summed E-state index contributed by atoms with van der Waals surface area (Å²) in [6.45, 7) is 0.812. The van der Waals surface area contributed by atoms with Crippen molar-refractivity contribution in [2.45, 2.75) is 26.0 Å². The molecule has 0 saturated carbocycles. The van der Waals surface area contributed by atoms with E-state index in [0.29, 0.717) is 5.56 Å². The molecule has 0 radical (unpaired) electrons. The van der Waals surface area contributed by atoms with Crippen LogP contribution in [0, 0.1) is 0 Å². The van der Waals surface area contributed by atoms with E-state index in [1.54, 1.807) is 30.3 Å². The highest BCUT2D eigenvalue weighted by molar-refractivity contribution is 5.69. The molecular formula is C11H14O3. The van der Waals surface area contributed by atoms with Crippen LogP contribution in [0.2, 0.25) is 0 Å². The minimum absolute atomic E-state index is 0.0880. The maximum absolute atomic E-state index is 11.4. The summed E-state index contributed by atoms with van der Waals surface area (Å²) in [5, 5.41) is 9.20. The number of rotatable bonds is 4. The highest BCUT2D eigenvalue weighted by Gasteiger charge is 2.06. The van der Waals surface area contributed by atoms with Crippen LogP contribution in [0.3, 0.4) is 0 Å². The molecule has 0 saturated heterocycles. The number of esters is 1. The van der Waals surface area contributed by atoms with Gasteiger partial charge in [0.15, 0.2) is 0 Å². The minimum Gasteiger partial charge on any atom is -0.461 e. The Bertz CT molecular complexity index is 385. The summed E-state index contributed by atoms with van der Waals surface area (Å²) in [6.07, 6.45) is -5.29. The van der Waals surface area contributed by atoms with E-state index in [1.165, 1.54) is 0 Å². The molecule has 0 aliphatic carbocycles. The molecule has 1 atom stereocenters. The van der Waals surface area contributed by atoms with Gasteiger partial charge in [0.25, 0.3) is 0 Å². The summed E-state index contributed by atoms with van der Waals surface area (Å²) in [6, 6.07) is 8.78. The number of hydrogen-bond donors (Lipinski definition) is 1. The molecule has 0 aliphatic rings. The first kappa shape index (κ1) is 7.01. The van der Waals surface area contributed by atoms with Gasteiger partial charge in [-0.2, -0.15) is 0 Å². The van der Waals surface area contributed by atoms with Crippen molar-refractivity contribution in [3.63, 3.8) is 0 Å². The van der Waals surface area contributed by atoms with Crippen molar-refractivity contribution in [2.75, 3.05) is 0 Å². The van der Waals surface area contributed by atoms with Gasteiger partial charge in [-0.25, -0.2) is 0 Å². The molecule has 3 nitrogen and oxygen atoms in total. The smallest absolute Gasteiger partial charge is 0.308 e. The predicted octanol–water partition coefficient (Wildman–Crippen LogP) is 1.50. The predicted molar refractivity (Wildman–Crippen MR) is 52.5 cm³/mol. The van der Waals surface area contributed by atoms with Gasteiger partial charge in [0.2, 0.25) is 0 Å². The third-order valence-electron chi connectivity index (χ3n) is 1.50. The number of carbonyl (C=O) groups is 1. The van der Waals surface area contributed by atoms with Crippen molar-refractivity contribution in [2.24, 2.45) is 0 Å². The van der Waals surface area contributed by atoms with E-state index in [-0.39, 0.29) is 6.61 Å². The Kier molecular flexibility index (Phi) is 2.70. The van der Waals surface area contributed by atoms with Gasteiger partial charge in [0, 0.05) is 2.74 Å². The molecule has 0 aliphatic heterocycles. The van der Waals surface area contributed by atoms with Crippen LogP contribution in [-0.2, 0) is 16.1 Å². The van der Waals surface area contributed by atoms with Crippen LogP contribution >= 0.6 is 0 Å². The molecule has 14 heavy (non-hydrogen) atoms. The first-order valence-corrected chi connectivity index (χ1v) is 4.18. The average molecular weight is 197 g/mol. The molecule has 0 bridgehead atoms. The van der Waals surface area contributed by atoms with Gasteiger partial charge < -0.3 is 9.84 Å². The molecule has 1 rings (SSSR count). The van der Waals surface area contributed by atoms with Crippen molar-refractivity contribution in [1.82, 2.24) is 0 Å². The number of hydrogen-bond acceptors (Lipinski definition) is 3. The van der Waals surface area contributed by atoms with Gasteiger partial charge in [-0.1, -0.05) is 30.3 Å². The van der Waals surface area contributed by atoms with Gasteiger partial charge in [-0.05, 0) is 12.5 Å². The maximum Gasteiger partial charge on any atom is 0.308 e. The van der Waals surface area contributed by atoms with Gasteiger partial charge in [-0.15, -0.1) is 0 Å². The minimum atomic E-state index is -2.76. The molecule has 0 amide bonds. The highest BCUT2D eigenvalue weighted by Crippen LogP contribution is 2.02. The van der Waals surface area contributed by atoms with Crippen molar-refractivity contribution in [1.29, 1.82) is 0 Å². The fourth-order valence-corrected chi connectivity index (χ4v) is 0.907. The third kappa shape index (κ3) is 4.05. The third-order valence-corrected chi connectivity index (χ3v) is 1.50. The molecule has 76 valence electrons. The van der Waals surface area contributed by atoms with E-state index >= 15 is 0 Å². The first-order valence-electron chi connectivity index (χ1n) is 5.68. The number of carbonyl (C=O) groups excluding carboxylic acids is 1. The fraction of sp³-hybridized carbons (Fsp3) is 0.364. The summed E-state index contributed by atoms with van der Waals surface area (Å²) < 4.78 is 26.5. The molecule has 1 unspecified atom stereocenters. The Balaban J connectivity index is 2.62. The van der Waals surface area contributed by atoms with Crippen molar-refractivity contribution < 1.29 is 18.8 Å². The van der Waals surface area contributed by atoms with Crippen LogP contribution in [0.25, 0.3) is 0 Å². The molecule has 0 fully saturated rings. The maximum atomic E-state index is 11.4. The van der Waals surface area contributed by atoms with E-state index in [2.05, 4.69) is 0 Å². The topological polar surface area (TPSA) is 46.5 Å². The molecule has 1 aromatic carbocycles. The monoisotopic (exact) mass is 197 g/mol. The number of ether oxygens (including phenoxy) is 1. The zero-order valence-electron chi connectivity index (χ0n) is 10.9. The average Bonchev–Trinajstić information content (AvgIpc) is 2.25. The van der Waals surface area contributed by atoms with Crippen LogP contribution in [0.5, 0.6) is 0 Å². The summed E-state index contributed by atoms with van der Waals surface area (Å²) in [5.74, 6) is -1.25. The Morgan fingerprint density at radius 2 is 2.29 bits per heavy atom. The zero-order chi connectivity index (χ0) is 13.1. The van der Waals surface area contributed by atoms with Crippen LogP contribution < -0.4 is 0 Å². The summed E-state index contributed by atoms with van der Waals surface area (Å²) in [5.41, 5.74) is 0.710. The zero-order valence-corrected chi connectivity index (χ0v) is 7.86. The van der Waals surface area contributed by atoms with Gasteiger partial charge >= 0.3 is 5.97 Å². The molecule has 0 aromatic heterocycles. The van der Waals surface area contributed by atoms with Crippen LogP contribution in [-0.4, -0.2) is 17.2 Å². The summed E-state index contributed by atoms with van der Waals surface area (Å²) in [4.78, 5) is 11.4. The lowest BCUT2D eigenvalue weighted by atomic mass is 10.2. The standard InChI is InChI=1S/C11H14O3/c1-9(12)7-11(13)14-8-10-5-3-2-4-6-10/h2-6,9,12H,7-8H2,1H3/i7D2,9D. The molecular weight excluding hydrogens is 180 g/mol. The second-order valence-electron chi connectivity index (χ2n) is 2.77. The molecule has 3 heteroatoms. The number of benzene rings is 1. The normalized spacial score (nSPS) is 18.6. The van der Waals surface area contributed by atoms with E-state index in [1.807, 2.05) is 0 Å². The van der Waals surface area contributed by atoms with Gasteiger partial charge in [0.05, 0.1) is 13.8 Å². The van der Waals surface area contributed by atoms with Crippen molar-refractivity contribution in [3.8, 4) is 0 Å². The lowest BCUT2D eigenvalue weighted by Crippen LogP contribution is -2.12. The van der Waals surface area contributed by atoms with E-state index in [0.717, 1.165) is 6.92 Å². The van der Waals surface area contributed by atoms with Crippen molar-refractivity contribution in [3.05, 3.63) is 35.9 Å². The Labute approximate surface area is 87.5 Å². The van der Waals surface area contributed by atoms with E-state index in [9.17, 15) is 9.90 Å². The quantitative estimate of drug-likeness (QED) is 0.744. The lowest BCUT2D eigenvalue weighted by molar-refractivity contribution is -0.146. The second-order valence-corrected chi connectivity index (χ2v) is 2.77. The van der Waals surface area contributed by atoms with Crippen LogP contribution in [0.15, 0.2) is 30.3 Å². The van der Waals surface area contributed by atoms with Crippen LogP contribution in [0.4, 0.5) is 0 Å². The van der Waals surface area contributed by atoms with Gasteiger partial charge in [0.1, 0.15) is 6.61 Å². The van der Waals surface area contributed by atoms with Gasteiger partial charge in [-0.3, -0.25) is 4.79 Å². The lowest BCUT2D eigenvalue weighted by Gasteiger charge is -2.05. The summed E-state index contributed by atoms with van der Waals surface area (Å²) >= 11 is 0. The molecule has 0 heterocycles. The van der Waals surface area contributed by atoms with E-state index < -0.39 is 18.4 Å². The molecule has 1 aromatic rings. The van der Waals surface area contributed by atoms with Crippen LogP contribution in [0.1, 0.15) is 23.0 Å². The molecule has 1 N–H and O–H groups in total. The largest absolute Gasteiger partial charge is 0.461 e. The molecule has 0 spiro atoms. The highest BCUT2D eigenvalue weighted by atomic mass is 16.5. The first-order chi connectivity index (χ1) is 7.75. The summed E-state index contributed by atoms with van der Waals surface area (Å²) in [7, 11) is 0. The Morgan fingerprint density at radius 1 is 1.64 bits per heavy atom. The van der Waals surface area contributed by atoms with E-state index in [4.69, 9.17) is 8.85 Å². The Morgan fingerprint density at radius 3 is 2.86 bits per heavy atom. The van der Waals surface area contributed by atoms with Crippen molar-refractivity contribution >= 4 is 5.97 Å². The second kappa shape index (κ2) is 5.40. The fourth-order valence-electron chi connectivity index (χ4n) is 0.907. The SMILES string of the molecule is [2H]C(C)(O)C([2H])([2H])C(=O)OCc1ccccc1.